The number of pyridine rings is 2. The molecule has 0 saturated heterocycles. The topological polar surface area (TPSA) is 100 Å². The molecule has 0 fully saturated rings. The van der Waals surface area contributed by atoms with Crippen LogP contribution in [0.3, 0.4) is 0 Å². The maximum Gasteiger partial charge on any atom is 0.328 e. The Morgan fingerprint density at radius 1 is 1.26 bits per heavy atom. The lowest BCUT2D eigenvalue weighted by molar-refractivity contribution is -0.108. The monoisotopic (exact) mass is 367 g/mol. The number of hydrogen-bond acceptors (Lipinski definition) is 6. The molecule has 140 valence electrons. The predicted molar refractivity (Wildman–Crippen MR) is 99.3 cm³/mol. The van der Waals surface area contributed by atoms with Crippen LogP contribution in [0.2, 0.25) is 0 Å². The first kappa shape index (κ1) is 18.8. The highest BCUT2D eigenvalue weighted by Crippen LogP contribution is 2.28. The number of aryl methyl sites for hydroxylation is 1. The number of ether oxygens (including phenoxy) is 2. The standard InChI is InChI=1S/C19H21N5O3/c1-26-18(27-2)15-8-7-14-5-3-4-10-24(17(14)22-15)19(25)23-16-9-6-13(11-20)12-21-16/h6-9,12,18H,3-5,10H2,1-2H3,(H,21,23,25). The van der Waals surface area contributed by atoms with Gasteiger partial charge in [-0.2, -0.15) is 5.26 Å². The van der Waals surface area contributed by atoms with Gasteiger partial charge in [-0.25, -0.2) is 14.8 Å². The van der Waals surface area contributed by atoms with E-state index in [0.717, 1.165) is 24.8 Å². The van der Waals surface area contributed by atoms with E-state index in [0.29, 0.717) is 29.4 Å². The van der Waals surface area contributed by atoms with Crippen LogP contribution in [0.25, 0.3) is 0 Å². The summed E-state index contributed by atoms with van der Waals surface area (Å²) in [5, 5.41) is 11.6. The summed E-state index contributed by atoms with van der Waals surface area (Å²) >= 11 is 0. The number of urea groups is 1. The van der Waals surface area contributed by atoms with Crippen LogP contribution >= 0.6 is 0 Å². The smallest absolute Gasteiger partial charge is 0.328 e. The maximum atomic E-state index is 12.9. The Bertz CT molecular complexity index is 843. The number of fused-ring (bicyclic) bond motifs is 1. The zero-order valence-corrected chi connectivity index (χ0v) is 15.3. The lowest BCUT2D eigenvalue weighted by Gasteiger charge is -2.23. The van der Waals surface area contributed by atoms with E-state index < -0.39 is 6.29 Å². The second-order valence-electron chi connectivity index (χ2n) is 6.10. The van der Waals surface area contributed by atoms with Crippen LogP contribution < -0.4 is 10.2 Å². The van der Waals surface area contributed by atoms with Crippen molar-refractivity contribution in [2.75, 3.05) is 31.0 Å². The molecule has 0 saturated carbocycles. The number of carbonyl (C=O) groups excluding carboxylic acids is 1. The van der Waals surface area contributed by atoms with Crippen LogP contribution in [0.15, 0.2) is 30.5 Å². The Morgan fingerprint density at radius 3 is 2.74 bits per heavy atom. The number of carbonyl (C=O) groups is 1. The van der Waals surface area contributed by atoms with Gasteiger partial charge in [-0.15, -0.1) is 0 Å². The zero-order chi connectivity index (χ0) is 19.2. The fraction of sp³-hybridized carbons (Fsp3) is 0.368. The third-order valence-corrected chi connectivity index (χ3v) is 4.35. The molecular formula is C19H21N5O3. The van der Waals surface area contributed by atoms with E-state index in [9.17, 15) is 4.79 Å². The van der Waals surface area contributed by atoms with E-state index in [-0.39, 0.29) is 6.03 Å². The van der Waals surface area contributed by atoms with Crippen LogP contribution in [-0.4, -0.2) is 36.8 Å². The number of nitrogens with zero attached hydrogens (tertiary/aromatic N) is 4. The second kappa shape index (κ2) is 8.58. The van der Waals surface area contributed by atoms with Crippen molar-refractivity contribution in [3.63, 3.8) is 0 Å². The average Bonchev–Trinajstić information content (AvgIpc) is 2.91. The molecule has 27 heavy (non-hydrogen) atoms. The van der Waals surface area contributed by atoms with Crippen LogP contribution in [-0.2, 0) is 15.9 Å². The van der Waals surface area contributed by atoms with Gasteiger partial charge >= 0.3 is 6.03 Å². The van der Waals surface area contributed by atoms with Gasteiger partial charge in [0.1, 0.15) is 17.7 Å². The molecule has 1 aliphatic heterocycles. The largest absolute Gasteiger partial charge is 0.350 e. The maximum absolute atomic E-state index is 12.9. The van der Waals surface area contributed by atoms with E-state index in [1.54, 1.807) is 31.3 Å². The molecule has 0 unspecified atom stereocenters. The van der Waals surface area contributed by atoms with Gasteiger partial charge in [0.2, 0.25) is 6.29 Å². The van der Waals surface area contributed by atoms with Crippen LogP contribution in [0.1, 0.15) is 36.0 Å². The van der Waals surface area contributed by atoms with Gasteiger partial charge in [-0.05, 0) is 43.0 Å². The summed E-state index contributed by atoms with van der Waals surface area (Å²) in [6.45, 7) is 0.552. The average molecular weight is 367 g/mol. The van der Waals surface area contributed by atoms with Crippen LogP contribution in [0, 0.1) is 11.3 Å². The molecule has 0 spiro atoms. The Morgan fingerprint density at radius 2 is 2.07 bits per heavy atom. The molecule has 8 heteroatoms. The van der Waals surface area contributed by atoms with Crippen molar-refractivity contribution in [1.29, 1.82) is 5.26 Å². The molecule has 8 nitrogen and oxygen atoms in total. The molecule has 3 rings (SSSR count). The number of rotatable bonds is 4. The van der Waals surface area contributed by atoms with Gasteiger partial charge in [-0.1, -0.05) is 6.07 Å². The molecule has 3 heterocycles. The number of anilines is 2. The summed E-state index contributed by atoms with van der Waals surface area (Å²) < 4.78 is 10.6. The van der Waals surface area contributed by atoms with Crippen molar-refractivity contribution in [2.24, 2.45) is 0 Å². The first-order chi connectivity index (χ1) is 13.2. The number of amides is 2. The fourth-order valence-electron chi connectivity index (χ4n) is 2.99. The van der Waals surface area contributed by atoms with Crippen molar-refractivity contribution in [3.05, 3.63) is 47.3 Å². The Hall–Kier alpha value is -3.02. The Labute approximate surface area is 157 Å². The number of hydrogen-bond donors (Lipinski definition) is 1. The highest BCUT2D eigenvalue weighted by Gasteiger charge is 2.25. The van der Waals surface area contributed by atoms with Crippen molar-refractivity contribution in [3.8, 4) is 6.07 Å². The Kier molecular flexibility index (Phi) is 5.96. The molecule has 2 aromatic heterocycles. The minimum absolute atomic E-state index is 0.314. The number of nitriles is 1. The molecule has 2 amide bonds. The molecule has 0 atom stereocenters. The zero-order valence-electron chi connectivity index (χ0n) is 15.3. The first-order valence-electron chi connectivity index (χ1n) is 8.66. The van der Waals surface area contributed by atoms with Crippen molar-refractivity contribution in [2.45, 2.75) is 25.6 Å². The molecule has 0 aliphatic carbocycles. The van der Waals surface area contributed by atoms with Gasteiger partial charge < -0.3 is 9.47 Å². The first-order valence-corrected chi connectivity index (χ1v) is 8.66. The van der Waals surface area contributed by atoms with E-state index in [4.69, 9.17) is 14.7 Å². The van der Waals surface area contributed by atoms with E-state index in [1.807, 2.05) is 18.2 Å². The van der Waals surface area contributed by atoms with E-state index in [2.05, 4.69) is 15.3 Å². The van der Waals surface area contributed by atoms with E-state index >= 15 is 0 Å². The van der Waals surface area contributed by atoms with Gasteiger partial charge in [0.15, 0.2) is 0 Å². The minimum Gasteiger partial charge on any atom is -0.350 e. The van der Waals surface area contributed by atoms with E-state index in [1.165, 1.54) is 6.20 Å². The molecule has 0 radical (unpaired) electrons. The van der Waals surface area contributed by atoms with Crippen molar-refractivity contribution >= 4 is 17.7 Å². The third-order valence-electron chi connectivity index (χ3n) is 4.35. The normalized spacial score (nSPS) is 13.6. The highest BCUT2D eigenvalue weighted by atomic mass is 16.7. The summed E-state index contributed by atoms with van der Waals surface area (Å²) in [6, 6.07) is 8.73. The number of aromatic nitrogens is 2. The van der Waals surface area contributed by atoms with Gasteiger partial charge in [0, 0.05) is 27.0 Å². The fourth-order valence-corrected chi connectivity index (χ4v) is 2.99. The SMILES string of the molecule is COC(OC)c1ccc2c(n1)N(C(=O)Nc1ccc(C#N)cn1)CCCC2. The summed E-state index contributed by atoms with van der Waals surface area (Å²) in [7, 11) is 3.09. The summed E-state index contributed by atoms with van der Waals surface area (Å²) in [4.78, 5) is 23.2. The Balaban J connectivity index is 1.87. The molecule has 1 N–H and O–H groups in total. The molecule has 0 bridgehead atoms. The molecule has 0 aromatic carbocycles. The second-order valence-corrected chi connectivity index (χ2v) is 6.10. The quantitative estimate of drug-likeness (QED) is 0.834. The lowest BCUT2D eigenvalue weighted by atomic mass is 10.1. The highest BCUT2D eigenvalue weighted by molar-refractivity contribution is 6.01. The van der Waals surface area contributed by atoms with Crippen LogP contribution in [0.4, 0.5) is 16.4 Å². The number of methoxy groups -OCH3 is 2. The molecule has 2 aromatic rings. The molecular weight excluding hydrogens is 346 g/mol. The van der Waals surface area contributed by atoms with Gasteiger partial charge in [0.25, 0.3) is 0 Å². The van der Waals surface area contributed by atoms with Gasteiger partial charge in [0.05, 0.1) is 11.3 Å². The van der Waals surface area contributed by atoms with Crippen LogP contribution in [0.5, 0.6) is 0 Å². The summed E-state index contributed by atoms with van der Waals surface area (Å²) in [6.07, 6.45) is 3.53. The van der Waals surface area contributed by atoms with Gasteiger partial charge in [-0.3, -0.25) is 10.2 Å². The predicted octanol–water partition coefficient (Wildman–Crippen LogP) is 3.01. The third kappa shape index (κ3) is 4.22. The lowest BCUT2D eigenvalue weighted by Crippen LogP contribution is -2.36. The summed E-state index contributed by atoms with van der Waals surface area (Å²) in [5.74, 6) is 0.989. The minimum atomic E-state index is -0.594. The molecule has 1 aliphatic rings. The summed E-state index contributed by atoms with van der Waals surface area (Å²) in [5.41, 5.74) is 2.05. The van der Waals surface area contributed by atoms with Crippen molar-refractivity contribution < 1.29 is 14.3 Å². The van der Waals surface area contributed by atoms with Crippen molar-refractivity contribution in [1.82, 2.24) is 9.97 Å². The number of nitrogens with one attached hydrogen (secondary N) is 1.